The van der Waals surface area contributed by atoms with Crippen LogP contribution >= 0.6 is 11.8 Å². The van der Waals surface area contributed by atoms with Crippen LogP contribution < -0.4 is 10.3 Å². The highest BCUT2D eigenvalue weighted by Crippen LogP contribution is 2.40. The van der Waals surface area contributed by atoms with Gasteiger partial charge in [-0.2, -0.15) is 5.10 Å². The van der Waals surface area contributed by atoms with Gasteiger partial charge in [0.2, 0.25) is 5.91 Å². The molecule has 0 atom stereocenters. The zero-order valence-electron chi connectivity index (χ0n) is 19.1. The van der Waals surface area contributed by atoms with Crippen molar-refractivity contribution in [1.82, 2.24) is 5.43 Å². The molecule has 0 unspecified atom stereocenters. The summed E-state index contributed by atoms with van der Waals surface area (Å²) in [6.07, 6.45) is 4.44. The van der Waals surface area contributed by atoms with Gasteiger partial charge in [-0.15, -0.1) is 11.8 Å². The van der Waals surface area contributed by atoms with Crippen LogP contribution in [0.25, 0.3) is 5.57 Å². The third-order valence-electron chi connectivity index (χ3n) is 5.35. The number of non-ortho nitro benzene ring substituents is 1. The molecule has 2 aromatic carbocycles. The van der Waals surface area contributed by atoms with Crippen LogP contribution in [-0.2, 0) is 4.79 Å². The molecule has 2 aromatic rings. The number of hydrogen-bond donors (Lipinski definition) is 1. The summed E-state index contributed by atoms with van der Waals surface area (Å²) in [5.41, 5.74) is 5.36. The van der Waals surface area contributed by atoms with Crippen LogP contribution in [0.5, 0.6) is 0 Å². The number of thioether (sulfide) groups is 1. The van der Waals surface area contributed by atoms with E-state index in [0.717, 1.165) is 34.7 Å². The number of hydrazone groups is 1. The molecule has 1 N–H and O–H groups in total. The Bertz CT molecular complexity index is 1110. The number of carbonyl (C=O) groups excluding carboxylic acids is 1. The molecule has 0 fully saturated rings. The van der Waals surface area contributed by atoms with Crippen LogP contribution in [0.4, 0.5) is 15.8 Å². The first-order valence-electron chi connectivity index (χ1n) is 10.6. The van der Waals surface area contributed by atoms with E-state index in [1.54, 1.807) is 18.2 Å². The molecular formula is C24H27FN4O3S. The highest BCUT2D eigenvalue weighted by atomic mass is 32.2. The van der Waals surface area contributed by atoms with E-state index in [0.29, 0.717) is 5.56 Å². The zero-order valence-corrected chi connectivity index (χ0v) is 19.9. The molecule has 0 saturated carbocycles. The zero-order chi connectivity index (χ0) is 24.2. The van der Waals surface area contributed by atoms with Gasteiger partial charge in [0.15, 0.2) is 0 Å². The van der Waals surface area contributed by atoms with E-state index in [4.69, 9.17) is 0 Å². The van der Waals surface area contributed by atoms with Gasteiger partial charge in [-0.05, 0) is 57.0 Å². The van der Waals surface area contributed by atoms with E-state index in [1.807, 2.05) is 6.92 Å². The van der Waals surface area contributed by atoms with Crippen LogP contribution in [0.2, 0.25) is 0 Å². The average Bonchev–Trinajstić information content (AvgIpc) is 2.76. The van der Waals surface area contributed by atoms with Gasteiger partial charge in [0.05, 0.1) is 22.4 Å². The lowest BCUT2D eigenvalue weighted by molar-refractivity contribution is -0.384. The lowest BCUT2D eigenvalue weighted by Crippen LogP contribution is -2.45. The number of rotatable bonds is 8. The highest BCUT2D eigenvalue weighted by molar-refractivity contribution is 8.00. The SMILES string of the molecule is CCCN1c2cc(F)c(/C=N\NC(=O)CSc3ccc([N+](=O)[O-])cc3)cc2C(C)=CC1(C)C. The van der Waals surface area contributed by atoms with Crippen LogP contribution in [0.1, 0.15) is 45.2 Å². The van der Waals surface area contributed by atoms with Gasteiger partial charge in [0.25, 0.3) is 5.69 Å². The Labute approximate surface area is 196 Å². The highest BCUT2D eigenvalue weighted by Gasteiger charge is 2.31. The normalized spacial score (nSPS) is 14.7. The second-order valence-electron chi connectivity index (χ2n) is 8.36. The molecule has 0 aliphatic carbocycles. The molecule has 9 heteroatoms. The molecule has 174 valence electrons. The van der Waals surface area contributed by atoms with Crippen molar-refractivity contribution in [3.63, 3.8) is 0 Å². The van der Waals surface area contributed by atoms with Crippen molar-refractivity contribution < 1.29 is 14.1 Å². The van der Waals surface area contributed by atoms with Gasteiger partial charge in [0, 0.05) is 40.4 Å². The van der Waals surface area contributed by atoms with Crippen molar-refractivity contribution in [3.05, 3.63) is 69.5 Å². The summed E-state index contributed by atoms with van der Waals surface area (Å²) in [6.45, 7) is 9.17. The number of nitro benzene ring substituents is 1. The van der Waals surface area contributed by atoms with Crippen molar-refractivity contribution >= 4 is 40.8 Å². The van der Waals surface area contributed by atoms with Crippen LogP contribution in [0.15, 0.2) is 52.5 Å². The topological polar surface area (TPSA) is 87.8 Å². The molecule has 1 aliphatic heterocycles. The summed E-state index contributed by atoms with van der Waals surface area (Å²) in [7, 11) is 0. The van der Waals surface area contributed by atoms with E-state index >= 15 is 0 Å². The Hall–Kier alpha value is -3.20. The van der Waals surface area contributed by atoms with Gasteiger partial charge < -0.3 is 4.90 Å². The van der Waals surface area contributed by atoms with Crippen molar-refractivity contribution in [3.8, 4) is 0 Å². The second-order valence-corrected chi connectivity index (χ2v) is 9.41. The van der Waals surface area contributed by atoms with Crippen molar-refractivity contribution in [2.75, 3.05) is 17.2 Å². The average molecular weight is 471 g/mol. The van der Waals surface area contributed by atoms with Gasteiger partial charge in [-0.25, -0.2) is 9.82 Å². The van der Waals surface area contributed by atoms with Gasteiger partial charge in [-0.3, -0.25) is 14.9 Å². The van der Waals surface area contributed by atoms with Crippen molar-refractivity contribution in [2.24, 2.45) is 5.10 Å². The van der Waals surface area contributed by atoms with Crippen LogP contribution in [0.3, 0.4) is 0 Å². The van der Waals surface area contributed by atoms with Crippen molar-refractivity contribution in [2.45, 2.75) is 44.6 Å². The minimum atomic E-state index is -0.477. The number of hydrogen-bond acceptors (Lipinski definition) is 6. The van der Waals surface area contributed by atoms with E-state index < -0.39 is 10.7 Å². The molecule has 7 nitrogen and oxygen atoms in total. The predicted octanol–water partition coefficient (Wildman–Crippen LogP) is 5.39. The summed E-state index contributed by atoms with van der Waals surface area (Å²) < 4.78 is 14.9. The maximum Gasteiger partial charge on any atom is 0.269 e. The van der Waals surface area contributed by atoms with Gasteiger partial charge in [0.1, 0.15) is 5.82 Å². The molecular weight excluding hydrogens is 443 g/mol. The molecule has 0 bridgehead atoms. The monoisotopic (exact) mass is 470 g/mol. The summed E-state index contributed by atoms with van der Waals surface area (Å²) in [5.74, 6) is -0.691. The molecule has 0 aromatic heterocycles. The number of anilines is 1. The fourth-order valence-electron chi connectivity index (χ4n) is 3.86. The summed E-state index contributed by atoms with van der Waals surface area (Å²) in [6, 6.07) is 9.24. The lowest BCUT2D eigenvalue weighted by Gasteiger charge is -2.43. The van der Waals surface area contributed by atoms with Gasteiger partial charge >= 0.3 is 0 Å². The summed E-state index contributed by atoms with van der Waals surface area (Å²) >= 11 is 1.23. The first-order chi connectivity index (χ1) is 15.6. The molecule has 33 heavy (non-hydrogen) atoms. The van der Waals surface area contributed by atoms with Gasteiger partial charge in [-0.1, -0.05) is 13.0 Å². The number of fused-ring (bicyclic) bond motifs is 1. The number of nitro groups is 1. The van der Waals surface area contributed by atoms with E-state index in [9.17, 15) is 19.3 Å². The Morgan fingerprint density at radius 2 is 2.00 bits per heavy atom. The lowest BCUT2D eigenvalue weighted by atomic mass is 9.88. The number of benzene rings is 2. The predicted molar refractivity (Wildman–Crippen MR) is 131 cm³/mol. The molecule has 1 amide bonds. The Kier molecular flexibility index (Phi) is 7.53. The van der Waals surface area contributed by atoms with E-state index in [-0.39, 0.29) is 22.9 Å². The number of allylic oxidation sites excluding steroid dienone is 1. The Morgan fingerprint density at radius 3 is 2.64 bits per heavy atom. The van der Waals surface area contributed by atoms with Crippen LogP contribution in [-0.4, -0.2) is 34.9 Å². The molecule has 3 rings (SSSR count). The van der Waals surface area contributed by atoms with Crippen LogP contribution in [0, 0.1) is 15.9 Å². The summed E-state index contributed by atoms with van der Waals surface area (Å²) in [5, 5.41) is 14.6. The smallest absolute Gasteiger partial charge is 0.269 e. The number of nitrogens with one attached hydrogen (secondary N) is 1. The molecule has 1 heterocycles. The summed E-state index contributed by atoms with van der Waals surface area (Å²) in [4.78, 5) is 25.2. The first-order valence-corrected chi connectivity index (χ1v) is 11.6. The standard InChI is InChI=1S/C24H27FN4O3S/c1-5-10-28-22-12-21(25)17(11-20(22)16(2)13-24(28,3)4)14-26-27-23(30)15-33-19-8-6-18(7-9-19)29(31)32/h6-9,11-14H,5,10,15H2,1-4H3,(H,27,30)/b26-14-. The van der Waals surface area contributed by atoms with Crippen molar-refractivity contribution in [1.29, 1.82) is 0 Å². The van der Waals surface area contributed by atoms with E-state index in [1.165, 1.54) is 36.2 Å². The quantitative estimate of drug-likeness (QED) is 0.242. The Morgan fingerprint density at radius 1 is 1.30 bits per heavy atom. The fourth-order valence-corrected chi connectivity index (χ4v) is 4.56. The maximum absolute atomic E-state index is 14.9. The third-order valence-corrected chi connectivity index (χ3v) is 6.37. The minimum Gasteiger partial charge on any atom is -0.362 e. The maximum atomic E-state index is 14.9. The third kappa shape index (κ3) is 5.78. The second kappa shape index (κ2) is 10.2. The Balaban J connectivity index is 1.66. The largest absolute Gasteiger partial charge is 0.362 e. The molecule has 0 saturated heterocycles. The molecule has 0 spiro atoms. The number of carbonyl (C=O) groups is 1. The fraction of sp³-hybridized carbons (Fsp3) is 0.333. The number of halogens is 1. The number of nitrogens with zero attached hydrogens (tertiary/aromatic N) is 3. The minimum absolute atomic E-state index is 0.00747. The first kappa shape index (κ1) is 24.4. The van der Waals surface area contributed by atoms with E-state index in [2.05, 4.69) is 42.3 Å². The molecule has 1 aliphatic rings. The number of amides is 1. The molecule has 0 radical (unpaired) electrons.